The number of aryl methyl sites for hydroxylation is 1. The van der Waals surface area contributed by atoms with E-state index in [0.29, 0.717) is 11.6 Å². The molecule has 1 aromatic rings. The Labute approximate surface area is 110 Å². The Bertz CT molecular complexity index is 359. The Hall–Kier alpha value is -1.35. The molecule has 0 saturated heterocycles. The Morgan fingerprint density at radius 2 is 2.00 bits per heavy atom. The van der Waals surface area contributed by atoms with Crippen molar-refractivity contribution in [2.24, 2.45) is 0 Å². The van der Waals surface area contributed by atoms with E-state index in [2.05, 4.69) is 23.9 Å². The van der Waals surface area contributed by atoms with Gasteiger partial charge in [-0.15, -0.1) is 0 Å². The number of hydrogen-bond acceptors (Lipinski definition) is 3. The third-order valence-corrected chi connectivity index (χ3v) is 2.98. The van der Waals surface area contributed by atoms with Crippen molar-refractivity contribution in [3.63, 3.8) is 0 Å². The second-order valence-corrected chi connectivity index (χ2v) is 4.58. The van der Waals surface area contributed by atoms with E-state index in [1.165, 1.54) is 12.7 Å². The lowest BCUT2D eigenvalue weighted by Gasteiger charge is -2.12. The van der Waals surface area contributed by atoms with Gasteiger partial charge < -0.3 is 10.1 Å². The molecule has 0 fully saturated rings. The number of benzene rings is 1. The summed E-state index contributed by atoms with van der Waals surface area (Å²) in [7, 11) is 1.40. The molecule has 0 aliphatic carbocycles. The lowest BCUT2D eigenvalue weighted by Crippen LogP contribution is -2.27. The van der Waals surface area contributed by atoms with E-state index in [1.54, 1.807) is 0 Å². The van der Waals surface area contributed by atoms with Gasteiger partial charge in [0.25, 0.3) is 0 Å². The molecule has 0 aliphatic heterocycles. The van der Waals surface area contributed by atoms with Gasteiger partial charge in [-0.1, -0.05) is 19.1 Å². The summed E-state index contributed by atoms with van der Waals surface area (Å²) in [4.78, 5) is 11.3. The summed E-state index contributed by atoms with van der Waals surface area (Å²) < 4.78 is 4.67. The average Bonchev–Trinajstić information content (AvgIpc) is 2.42. The molecule has 0 aliphatic rings. The molecule has 0 saturated carbocycles. The minimum atomic E-state index is -0.278. The van der Waals surface area contributed by atoms with E-state index < -0.39 is 0 Å². The number of carbonyl (C=O) groups is 1. The van der Waals surface area contributed by atoms with Crippen LogP contribution in [0.2, 0.25) is 0 Å². The fourth-order valence-electron chi connectivity index (χ4n) is 1.80. The van der Waals surface area contributed by atoms with Crippen LogP contribution in [0.15, 0.2) is 24.3 Å². The summed E-state index contributed by atoms with van der Waals surface area (Å²) >= 11 is 0. The molecule has 100 valence electrons. The van der Waals surface area contributed by atoms with Gasteiger partial charge in [0.05, 0.1) is 12.7 Å². The van der Waals surface area contributed by atoms with Crippen molar-refractivity contribution in [1.29, 1.82) is 0 Å². The fourth-order valence-corrected chi connectivity index (χ4v) is 1.80. The third-order valence-electron chi connectivity index (χ3n) is 2.98. The lowest BCUT2D eigenvalue weighted by atomic mass is 10.0. The van der Waals surface area contributed by atoms with Gasteiger partial charge in [-0.3, -0.25) is 0 Å². The fraction of sp³-hybridized carbons (Fsp3) is 0.533. The van der Waals surface area contributed by atoms with Crippen LogP contribution in [0.3, 0.4) is 0 Å². The number of nitrogens with one attached hydrogen (secondary N) is 1. The first-order chi connectivity index (χ1) is 8.67. The van der Waals surface area contributed by atoms with Crippen LogP contribution >= 0.6 is 0 Å². The quantitative estimate of drug-likeness (QED) is 0.755. The molecule has 1 unspecified atom stereocenters. The van der Waals surface area contributed by atoms with Crippen molar-refractivity contribution in [3.05, 3.63) is 35.4 Å². The van der Waals surface area contributed by atoms with Gasteiger partial charge in [0.2, 0.25) is 0 Å². The Morgan fingerprint density at radius 3 is 2.56 bits per heavy atom. The van der Waals surface area contributed by atoms with E-state index in [4.69, 9.17) is 0 Å². The van der Waals surface area contributed by atoms with E-state index in [-0.39, 0.29) is 5.97 Å². The van der Waals surface area contributed by atoms with E-state index in [0.717, 1.165) is 25.8 Å². The minimum Gasteiger partial charge on any atom is -0.465 e. The van der Waals surface area contributed by atoms with Gasteiger partial charge >= 0.3 is 5.97 Å². The molecule has 3 nitrogen and oxygen atoms in total. The molecule has 1 N–H and O–H groups in total. The Kier molecular flexibility index (Phi) is 6.44. The monoisotopic (exact) mass is 249 g/mol. The van der Waals surface area contributed by atoms with Gasteiger partial charge in [0.1, 0.15) is 0 Å². The zero-order chi connectivity index (χ0) is 13.4. The molecule has 0 aromatic heterocycles. The molecule has 0 spiro atoms. The lowest BCUT2D eigenvalue weighted by molar-refractivity contribution is 0.0600. The van der Waals surface area contributed by atoms with Gasteiger partial charge in [-0.05, 0) is 50.4 Å². The molecule has 0 bridgehead atoms. The van der Waals surface area contributed by atoms with Gasteiger partial charge in [0, 0.05) is 6.04 Å². The zero-order valence-corrected chi connectivity index (χ0v) is 11.5. The van der Waals surface area contributed by atoms with Crippen molar-refractivity contribution >= 4 is 5.97 Å². The minimum absolute atomic E-state index is 0.278. The molecule has 0 radical (unpaired) electrons. The molecule has 1 rings (SSSR count). The van der Waals surface area contributed by atoms with Crippen molar-refractivity contribution < 1.29 is 9.53 Å². The maximum Gasteiger partial charge on any atom is 0.337 e. The molecule has 3 heteroatoms. The SMILES string of the molecule is CCCNC(C)CCc1ccc(C(=O)OC)cc1. The number of esters is 1. The van der Waals surface area contributed by atoms with Gasteiger partial charge in [-0.25, -0.2) is 4.79 Å². The van der Waals surface area contributed by atoms with Crippen molar-refractivity contribution in [1.82, 2.24) is 5.32 Å². The predicted octanol–water partition coefficient (Wildman–Crippen LogP) is 2.79. The first-order valence-electron chi connectivity index (χ1n) is 6.58. The Balaban J connectivity index is 2.41. The summed E-state index contributed by atoms with van der Waals surface area (Å²) in [6, 6.07) is 8.18. The van der Waals surface area contributed by atoms with Crippen LogP contribution in [0.25, 0.3) is 0 Å². The maximum absolute atomic E-state index is 11.3. The summed E-state index contributed by atoms with van der Waals surface area (Å²) in [6.45, 7) is 5.45. The number of methoxy groups -OCH3 is 1. The molecule has 0 heterocycles. The first-order valence-corrected chi connectivity index (χ1v) is 6.58. The highest BCUT2D eigenvalue weighted by atomic mass is 16.5. The van der Waals surface area contributed by atoms with Crippen molar-refractivity contribution in [2.45, 2.75) is 39.2 Å². The third kappa shape index (κ3) is 4.88. The second-order valence-electron chi connectivity index (χ2n) is 4.58. The van der Waals surface area contributed by atoms with E-state index >= 15 is 0 Å². The van der Waals surface area contributed by atoms with Gasteiger partial charge in [0.15, 0.2) is 0 Å². The maximum atomic E-state index is 11.3. The largest absolute Gasteiger partial charge is 0.465 e. The highest BCUT2D eigenvalue weighted by Gasteiger charge is 2.05. The average molecular weight is 249 g/mol. The number of hydrogen-bond donors (Lipinski definition) is 1. The molecular formula is C15H23NO2. The predicted molar refractivity (Wildman–Crippen MR) is 73.9 cm³/mol. The first kappa shape index (κ1) is 14.7. The summed E-state index contributed by atoms with van der Waals surface area (Å²) in [5.41, 5.74) is 1.87. The normalized spacial score (nSPS) is 12.2. The van der Waals surface area contributed by atoms with Crippen molar-refractivity contribution in [2.75, 3.05) is 13.7 Å². The molecule has 1 aromatic carbocycles. The molecule has 18 heavy (non-hydrogen) atoms. The Morgan fingerprint density at radius 1 is 1.33 bits per heavy atom. The molecule has 1 atom stereocenters. The van der Waals surface area contributed by atoms with Crippen LogP contribution < -0.4 is 5.32 Å². The second kappa shape index (κ2) is 7.88. The standard InChI is InChI=1S/C15H23NO2/c1-4-11-16-12(2)5-6-13-7-9-14(10-8-13)15(17)18-3/h7-10,12,16H,4-6,11H2,1-3H3. The van der Waals surface area contributed by atoms with Crippen LogP contribution in [0, 0.1) is 0 Å². The number of rotatable bonds is 7. The molecule has 0 amide bonds. The van der Waals surface area contributed by atoms with Crippen LogP contribution in [-0.4, -0.2) is 25.7 Å². The topological polar surface area (TPSA) is 38.3 Å². The summed E-state index contributed by atoms with van der Waals surface area (Å²) in [6.07, 6.45) is 3.30. The van der Waals surface area contributed by atoms with E-state index in [1.807, 2.05) is 24.3 Å². The van der Waals surface area contributed by atoms with Crippen LogP contribution in [-0.2, 0) is 11.2 Å². The highest BCUT2D eigenvalue weighted by molar-refractivity contribution is 5.89. The number of ether oxygens (including phenoxy) is 1. The van der Waals surface area contributed by atoms with Crippen molar-refractivity contribution in [3.8, 4) is 0 Å². The molecular weight excluding hydrogens is 226 g/mol. The van der Waals surface area contributed by atoms with Crippen LogP contribution in [0.4, 0.5) is 0 Å². The summed E-state index contributed by atoms with van der Waals surface area (Å²) in [5.74, 6) is -0.278. The zero-order valence-electron chi connectivity index (χ0n) is 11.5. The van der Waals surface area contributed by atoms with Gasteiger partial charge in [-0.2, -0.15) is 0 Å². The smallest absolute Gasteiger partial charge is 0.337 e. The number of carbonyl (C=O) groups excluding carboxylic acids is 1. The van der Waals surface area contributed by atoms with Crippen LogP contribution in [0.1, 0.15) is 42.6 Å². The highest BCUT2D eigenvalue weighted by Crippen LogP contribution is 2.09. The van der Waals surface area contributed by atoms with Crippen LogP contribution in [0.5, 0.6) is 0 Å². The van der Waals surface area contributed by atoms with E-state index in [9.17, 15) is 4.79 Å². The summed E-state index contributed by atoms with van der Waals surface area (Å²) in [5, 5.41) is 3.47.